The van der Waals surface area contributed by atoms with E-state index in [2.05, 4.69) is 17.2 Å². The van der Waals surface area contributed by atoms with Crippen molar-refractivity contribution in [1.82, 2.24) is 6.15 Å². The van der Waals surface area contributed by atoms with Crippen molar-refractivity contribution in [2.24, 2.45) is 4.99 Å². The van der Waals surface area contributed by atoms with Gasteiger partial charge >= 0.3 is 0 Å². The average Bonchev–Trinajstić information content (AvgIpc) is 2.07. The van der Waals surface area contributed by atoms with Crippen LogP contribution in [-0.4, -0.2) is 11.1 Å². The lowest BCUT2D eigenvalue weighted by atomic mass is 10.2. The van der Waals surface area contributed by atoms with E-state index in [1.165, 1.54) is 0 Å². The number of rotatable bonds is 1. The molecule has 0 aliphatic carbocycles. The fourth-order valence-corrected chi connectivity index (χ4v) is 0.770. The van der Waals surface area contributed by atoms with E-state index < -0.39 is 0 Å². The molecule has 0 saturated heterocycles. The first kappa shape index (κ1) is 10.7. The number of benzene rings is 1. The molecule has 1 aromatic rings. The highest BCUT2D eigenvalue weighted by atomic mass is 32.1. The number of amides is 1. The Morgan fingerprint density at radius 1 is 1.33 bits per heavy atom. The second-order valence-corrected chi connectivity index (χ2v) is 2.06. The Hall–Kier alpha value is -1.35. The minimum absolute atomic E-state index is 0. The molecule has 0 saturated carbocycles. The standard InChI is InChI=1S/C8H5NOS.H3N/c10-8(9-6-11)7-4-2-1-3-5-7;/h1-5H;1H3. The second kappa shape index (κ2) is 5.32. The fraction of sp³-hybridized carbons (Fsp3) is 0. The van der Waals surface area contributed by atoms with Crippen molar-refractivity contribution in [2.75, 3.05) is 0 Å². The van der Waals surface area contributed by atoms with E-state index in [-0.39, 0.29) is 12.1 Å². The first-order valence-corrected chi connectivity index (χ1v) is 3.42. The van der Waals surface area contributed by atoms with Crippen LogP contribution in [0.15, 0.2) is 35.3 Å². The summed E-state index contributed by atoms with van der Waals surface area (Å²) in [5.41, 5.74) is 0.532. The summed E-state index contributed by atoms with van der Waals surface area (Å²) in [6, 6.07) is 8.73. The lowest BCUT2D eigenvalue weighted by Crippen LogP contribution is -1.91. The molecule has 1 rings (SSSR count). The third-order valence-corrected chi connectivity index (χ3v) is 1.26. The largest absolute Gasteiger partial charge is 0.344 e. The van der Waals surface area contributed by atoms with Crippen LogP contribution in [-0.2, 0) is 0 Å². The molecular formula is C8H8N2OS. The molecule has 0 aliphatic heterocycles. The van der Waals surface area contributed by atoms with Gasteiger partial charge in [-0.3, -0.25) is 4.79 Å². The smallest absolute Gasteiger partial charge is 0.285 e. The summed E-state index contributed by atoms with van der Waals surface area (Å²) in [5, 5.41) is 2.02. The molecule has 12 heavy (non-hydrogen) atoms. The molecule has 0 radical (unpaired) electrons. The maximum atomic E-state index is 10.9. The third kappa shape index (κ3) is 2.72. The van der Waals surface area contributed by atoms with E-state index in [1.54, 1.807) is 24.3 Å². The molecule has 0 atom stereocenters. The number of nitrogens with zero attached hydrogens (tertiary/aromatic N) is 1. The van der Waals surface area contributed by atoms with Gasteiger partial charge in [0.2, 0.25) is 0 Å². The van der Waals surface area contributed by atoms with Gasteiger partial charge in [-0.2, -0.15) is 4.99 Å². The van der Waals surface area contributed by atoms with Crippen LogP contribution in [0.25, 0.3) is 0 Å². The molecule has 0 spiro atoms. The van der Waals surface area contributed by atoms with Crippen LogP contribution in [0.4, 0.5) is 0 Å². The van der Waals surface area contributed by atoms with Gasteiger partial charge in [0, 0.05) is 5.56 Å². The van der Waals surface area contributed by atoms with Gasteiger partial charge in [-0.15, -0.1) is 0 Å². The van der Waals surface area contributed by atoms with Crippen molar-refractivity contribution in [3.05, 3.63) is 35.9 Å². The van der Waals surface area contributed by atoms with Crippen LogP contribution in [0.2, 0.25) is 0 Å². The van der Waals surface area contributed by atoms with Crippen LogP contribution in [0.5, 0.6) is 0 Å². The van der Waals surface area contributed by atoms with E-state index in [1.807, 2.05) is 11.2 Å². The van der Waals surface area contributed by atoms with Gasteiger partial charge < -0.3 is 6.15 Å². The highest BCUT2D eigenvalue weighted by Gasteiger charge is 1.99. The zero-order valence-electron chi connectivity index (χ0n) is 6.36. The minimum Gasteiger partial charge on any atom is -0.344 e. The highest BCUT2D eigenvalue weighted by Crippen LogP contribution is 1.99. The number of carbonyl (C=O) groups is 1. The maximum Gasteiger partial charge on any atom is 0.285 e. The number of aliphatic imine (C=N–C) groups is 1. The van der Waals surface area contributed by atoms with E-state index in [9.17, 15) is 4.79 Å². The Bertz CT molecular complexity index is 304. The summed E-state index contributed by atoms with van der Waals surface area (Å²) < 4.78 is 0. The third-order valence-electron chi connectivity index (χ3n) is 1.17. The van der Waals surface area contributed by atoms with Crippen LogP contribution in [0.1, 0.15) is 10.4 Å². The molecule has 1 aromatic carbocycles. The molecule has 3 N–H and O–H groups in total. The minimum atomic E-state index is -0.347. The summed E-state index contributed by atoms with van der Waals surface area (Å²) in [4.78, 5) is 14.3. The summed E-state index contributed by atoms with van der Waals surface area (Å²) in [7, 11) is 0. The predicted octanol–water partition coefficient (Wildman–Crippen LogP) is 2.09. The first-order valence-electron chi connectivity index (χ1n) is 3.02. The van der Waals surface area contributed by atoms with E-state index in [0.29, 0.717) is 5.56 Å². The summed E-state index contributed by atoms with van der Waals surface area (Å²) in [6.07, 6.45) is 0. The van der Waals surface area contributed by atoms with E-state index >= 15 is 0 Å². The quantitative estimate of drug-likeness (QED) is 0.531. The molecule has 0 heterocycles. The monoisotopic (exact) mass is 180 g/mol. The van der Waals surface area contributed by atoms with E-state index in [4.69, 9.17) is 0 Å². The normalized spacial score (nSPS) is 7.67. The molecule has 0 aliphatic rings. The van der Waals surface area contributed by atoms with Crippen molar-refractivity contribution < 1.29 is 4.79 Å². The van der Waals surface area contributed by atoms with Crippen molar-refractivity contribution in [2.45, 2.75) is 0 Å². The molecule has 0 fully saturated rings. The van der Waals surface area contributed by atoms with Crippen molar-refractivity contribution >= 4 is 23.3 Å². The van der Waals surface area contributed by atoms with Crippen LogP contribution in [0.3, 0.4) is 0 Å². The van der Waals surface area contributed by atoms with Gasteiger partial charge in [-0.1, -0.05) is 18.2 Å². The molecule has 1 amide bonds. The summed E-state index contributed by atoms with van der Waals surface area (Å²) in [5.74, 6) is -0.347. The van der Waals surface area contributed by atoms with Gasteiger partial charge in [0.15, 0.2) is 0 Å². The predicted molar refractivity (Wildman–Crippen MR) is 50.8 cm³/mol. The number of carbonyl (C=O) groups excluding carboxylic acids is 1. The number of isothiocyanates is 1. The van der Waals surface area contributed by atoms with Crippen LogP contribution in [0, 0.1) is 0 Å². The van der Waals surface area contributed by atoms with Crippen molar-refractivity contribution in [3.63, 3.8) is 0 Å². The van der Waals surface area contributed by atoms with Crippen LogP contribution < -0.4 is 6.15 Å². The van der Waals surface area contributed by atoms with Gasteiger partial charge in [-0.05, 0) is 24.4 Å². The van der Waals surface area contributed by atoms with Gasteiger partial charge in [-0.25, -0.2) is 0 Å². The Kier molecular flexibility index (Phi) is 4.72. The number of hydrogen-bond acceptors (Lipinski definition) is 3. The highest BCUT2D eigenvalue weighted by molar-refractivity contribution is 7.78. The molecule has 4 heteroatoms. The fourth-order valence-electron chi connectivity index (χ4n) is 0.687. The summed E-state index contributed by atoms with van der Waals surface area (Å²) >= 11 is 4.29. The molecular weight excluding hydrogens is 172 g/mol. The molecule has 62 valence electrons. The molecule has 3 nitrogen and oxygen atoms in total. The SMILES string of the molecule is N.O=C(N=C=S)c1ccccc1. The number of hydrogen-bond donors (Lipinski definition) is 1. The van der Waals surface area contributed by atoms with Gasteiger partial charge in [0.1, 0.15) is 0 Å². The molecule has 0 unspecified atom stereocenters. The van der Waals surface area contributed by atoms with Gasteiger partial charge in [0.25, 0.3) is 5.91 Å². The zero-order chi connectivity index (χ0) is 8.10. The lowest BCUT2D eigenvalue weighted by molar-refractivity contribution is 0.100. The maximum absolute atomic E-state index is 10.9. The van der Waals surface area contributed by atoms with E-state index in [0.717, 1.165) is 0 Å². The zero-order valence-corrected chi connectivity index (χ0v) is 7.17. The second-order valence-electron chi connectivity index (χ2n) is 1.87. The van der Waals surface area contributed by atoms with Crippen molar-refractivity contribution in [1.29, 1.82) is 0 Å². The Morgan fingerprint density at radius 2 is 1.92 bits per heavy atom. The number of thiocarbonyl (C=S) groups is 1. The average molecular weight is 180 g/mol. The Morgan fingerprint density at radius 3 is 2.42 bits per heavy atom. The first-order chi connectivity index (χ1) is 5.34. The Labute approximate surface area is 75.7 Å². The lowest BCUT2D eigenvalue weighted by Gasteiger charge is -1.89. The topological polar surface area (TPSA) is 64.4 Å². The molecule has 0 bridgehead atoms. The van der Waals surface area contributed by atoms with Gasteiger partial charge in [0.05, 0.1) is 5.16 Å². The molecule has 0 aromatic heterocycles. The summed E-state index contributed by atoms with van der Waals surface area (Å²) in [6.45, 7) is 0. The Balaban J connectivity index is 0.00000121. The van der Waals surface area contributed by atoms with Crippen LogP contribution >= 0.6 is 12.2 Å². The van der Waals surface area contributed by atoms with Crippen molar-refractivity contribution in [3.8, 4) is 0 Å².